The van der Waals surface area contributed by atoms with Gasteiger partial charge in [0, 0.05) is 39.1 Å². The molecule has 6 heteroatoms. The first-order chi connectivity index (χ1) is 10.2. The topological polar surface area (TPSA) is 50.6 Å². The van der Waals surface area contributed by atoms with Crippen LogP contribution in [0.4, 0.5) is 0 Å². The van der Waals surface area contributed by atoms with Crippen molar-refractivity contribution in [2.45, 2.75) is 25.8 Å². The maximum atomic E-state index is 12.3. The molecule has 1 saturated heterocycles. The number of nitrogens with zero attached hydrogens (tertiary/aromatic N) is 4. The molecule has 0 aliphatic carbocycles. The molecular formula is C15H26N4O2. The molecule has 1 aliphatic heterocycles. The van der Waals surface area contributed by atoms with Crippen molar-refractivity contribution in [1.82, 2.24) is 19.4 Å². The van der Waals surface area contributed by atoms with Gasteiger partial charge >= 0.3 is 0 Å². The summed E-state index contributed by atoms with van der Waals surface area (Å²) in [5.74, 6) is 0.138. The number of aromatic nitrogens is 2. The number of imidazole rings is 1. The van der Waals surface area contributed by atoms with Crippen LogP contribution >= 0.6 is 0 Å². The number of ether oxygens (including phenoxy) is 1. The number of unbranched alkanes of at least 4 members (excludes halogenated alkanes) is 1. The van der Waals surface area contributed by atoms with E-state index in [1.165, 1.54) is 0 Å². The molecule has 0 bridgehead atoms. The number of amides is 1. The fourth-order valence-electron chi connectivity index (χ4n) is 2.56. The van der Waals surface area contributed by atoms with E-state index in [0.29, 0.717) is 0 Å². The molecule has 0 saturated carbocycles. The standard InChI is InChI=1S/C15H26N4O2/c1-14(19-8-5-16-13-19)15(20)17(2)6-3-4-7-18-9-11-21-12-10-18/h5,8,13-14H,3-4,6-7,9-12H2,1-2H3/t14-/m0/s1. The van der Waals surface area contributed by atoms with Gasteiger partial charge in [-0.25, -0.2) is 4.98 Å². The van der Waals surface area contributed by atoms with Gasteiger partial charge in [-0.15, -0.1) is 0 Å². The maximum absolute atomic E-state index is 12.3. The zero-order valence-electron chi connectivity index (χ0n) is 13.1. The van der Waals surface area contributed by atoms with Gasteiger partial charge in [-0.2, -0.15) is 0 Å². The molecule has 2 heterocycles. The van der Waals surface area contributed by atoms with Crippen molar-refractivity contribution in [1.29, 1.82) is 0 Å². The van der Waals surface area contributed by atoms with Crippen molar-refractivity contribution in [3.8, 4) is 0 Å². The molecule has 1 fully saturated rings. The summed E-state index contributed by atoms with van der Waals surface area (Å²) in [7, 11) is 1.88. The normalized spacial score (nSPS) is 17.6. The number of likely N-dealkylation sites (N-methyl/N-ethyl adjacent to an activating group) is 1. The Balaban J connectivity index is 1.64. The fraction of sp³-hybridized carbons (Fsp3) is 0.733. The largest absolute Gasteiger partial charge is 0.379 e. The second-order valence-electron chi connectivity index (χ2n) is 5.61. The molecule has 0 unspecified atom stereocenters. The number of hydrogen-bond donors (Lipinski definition) is 0. The van der Waals surface area contributed by atoms with Crippen LogP contribution in [-0.2, 0) is 9.53 Å². The van der Waals surface area contributed by atoms with Gasteiger partial charge in [-0.3, -0.25) is 9.69 Å². The van der Waals surface area contributed by atoms with E-state index >= 15 is 0 Å². The minimum atomic E-state index is -0.184. The fourth-order valence-corrected chi connectivity index (χ4v) is 2.56. The minimum Gasteiger partial charge on any atom is -0.379 e. The summed E-state index contributed by atoms with van der Waals surface area (Å²) in [6, 6.07) is -0.184. The molecule has 1 amide bonds. The van der Waals surface area contributed by atoms with Crippen molar-refractivity contribution < 1.29 is 9.53 Å². The zero-order valence-corrected chi connectivity index (χ0v) is 13.1. The molecule has 6 nitrogen and oxygen atoms in total. The molecule has 1 aromatic heterocycles. The van der Waals surface area contributed by atoms with Gasteiger partial charge in [0.1, 0.15) is 6.04 Å². The summed E-state index contributed by atoms with van der Waals surface area (Å²) in [6.07, 6.45) is 7.38. The Morgan fingerprint density at radius 3 is 2.81 bits per heavy atom. The molecule has 0 spiro atoms. The number of rotatable bonds is 7. The summed E-state index contributed by atoms with van der Waals surface area (Å²) < 4.78 is 7.18. The van der Waals surface area contributed by atoms with Crippen molar-refractivity contribution in [2.75, 3.05) is 46.4 Å². The van der Waals surface area contributed by atoms with E-state index in [1.54, 1.807) is 12.5 Å². The molecule has 0 radical (unpaired) electrons. The molecule has 2 rings (SSSR count). The molecule has 118 valence electrons. The van der Waals surface area contributed by atoms with Crippen molar-refractivity contribution in [3.05, 3.63) is 18.7 Å². The van der Waals surface area contributed by atoms with Gasteiger partial charge in [0.05, 0.1) is 19.5 Å². The second-order valence-corrected chi connectivity index (χ2v) is 5.61. The molecular weight excluding hydrogens is 268 g/mol. The highest BCUT2D eigenvalue weighted by atomic mass is 16.5. The third kappa shape index (κ3) is 4.82. The Labute approximate surface area is 126 Å². The monoisotopic (exact) mass is 294 g/mol. The Bertz CT molecular complexity index is 415. The Morgan fingerprint density at radius 2 is 2.14 bits per heavy atom. The van der Waals surface area contributed by atoms with Crippen LogP contribution in [0.25, 0.3) is 0 Å². The van der Waals surface area contributed by atoms with Crippen LogP contribution < -0.4 is 0 Å². The molecule has 0 N–H and O–H groups in total. The maximum Gasteiger partial charge on any atom is 0.245 e. The highest BCUT2D eigenvalue weighted by Crippen LogP contribution is 2.09. The van der Waals surface area contributed by atoms with E-state index in [0.717, 1.165) is 52.2 Å². The third-order valence-corrected chi connectivity index (χ3v) is 4.03. The first kappa shape index (κ1) is 16.0. The summed E-state index contributed by atoms with van der Waals surface area (Å²) in [5.41, 5.74) is 0. The van der Waals surface area contributed by atoms with E-state index in [2.05, 4.69) is 9.88 Å². The summed E-state index contributed by atoms with van der Waals surface area (Å²) in [6.45, 7) is 7.58. The average molecular weight is 294 g/mol. The van der Waals surface area contributed by atoms with E-state index in [-0.39, 0.29) is 11.9 Å². The highest BCUT2D eigenvalue weighted by molar-refractivity contribution is 5.79. The lowest BCUT2D eigenvalue weighted by Crippen LogP contribution is -2.37. The van der Waals surface area contributed by atoms with Crippen LogP contribution in [0.15, 0.2) is 18.7 Å². The predicted molar refractivity (Wildman–Crippen MR) is 81.1 cm³/mol. The number of carbonyl (C=O) groups excluding carboxylic acids is 1. The van der Waals surface area contributed by atoms with Crippen molar-refractivity contribution >= 4 is 5.91 Å². The average Bonchev–Trinajstić information content (AvgIpc) is 3.05. The lowest BCUT2D eigenvalue weighted by molar-refractivity contribution is -0.133. The first-order valence-electron chi connectivity index (χ1n) is 7.71. The van der Waals surface area contributed by atoms with Crippen molar-refractivity contribution in [2.24, 2.45) is 0 Å². The van der Waals surface area contributed by atoms with Gasteiger partial charge in [-0.1, -0.05) is 0 Å². The molecule has 0 aromatic carbocycles. The highest BCUT2D eigenvalue weighted by Gasteiger charge is 2.18. The predicted octanol–water partition coefficient (Wildman–Crippen LogP) is 1.01. The molecule has 1 aliphatic rings. The van der Waals surface area contributed by atoms with Crippen LogP contribution in [0, 0.1) is 0 Å². The van der Waals surface area contributed by atoms with Gasteiger partial charge < -0.3 is 14.2 Å². The molecule has 1 aromatic rings. The quantitative estimate of drug-likeness (QED) is 0.704. The zero-order chi connectivity index (χ0) is 15.1. The van der Waals surface area contributed by atoms with Crippen LogP contribution in [0.1, 0.15) is 25.8 Å². The Hall–Kier alpha value is -1.40. The summed E-state index contributed by atoms with van der Waals surface area (Å²) in [5, 5.41) is 0. The van der Waals surface area contributed by atoms with Crippen LogP contribution in [0.3, 0.4) is 0 Å². The van der Waals surface area contributed by atoms with E-state index in [1.807, 2.05) is 29.6 Å². The third-order valence-electron chi connectivity index (χ3n) is 4.03. The lowest BCUT2D eigenvalue weighted by atomic mass is 10.2. The Kier molecular flexibility index (Phi) is 6.20. The molecule has 21 heavy (non-hydrogen) atoms. The van der Waals surface area contributed by atoms with Gasteiger partial charge in [0.2, 0.25) is 5.91 Å². The second kappa shape index (κ2) is 8.14. The number of morpholine rings is 1. The summed E-state index contributed by atoms with van der Waals surface area (Å²) in [4.78, 5) is 20.5. The Morgan fingerprint density at radius 1 is 1.38 bits per heavy atom. The van der Waals surface area contributed by atoms with Crippen LogP contribution in [0.2, 0.25) is 0 Å². The SMILES string of the molecule is C[C@@H](C(=O)N(C)CCCCN1CCOCC1)n1ccnc1. The van der Waals surface area contributed by atoms with Crippen molar-refractivity contribution in [3.63, 3.8) is 0 Å². The van der Waals surface area contributed by atoms with Crippen LogP contribution in [-0.4, -0.2) is 71.7 Å². The van der Waals surface area contributed by atoms with Gasteiger partial charge in [-0.05, 0) is 26.3 Å². The smallest absolute Gasteiger partial charge is 0.245 e. The van der Waals surface area contributed by atoms with E-state index in [9.17, 15) is 4.79 Å². The summed E-state index contributed by atoms with van der Waals surface area (Å²) >= 11 is 0. The van der Waals surface area contributed by atoms with E-state index < -0.39 is 0 Å². The minimum absolute atomic E-state index is 0.138. The van der Waals surface area contributed by atoms with E-state index in [4.69, 9.17) is 4.74 Å². The van der Waals surface area contributed by atoms with Gasteiger partial charge in [0.25, 0.3) is 0 Å². The number of carbonyl (C=O) groups is 1. The number of hydrogen-bond acceptors (Lipinski definition) is 4. The van der Waals surface area contributed by atoms with Gasteiger partial charge in [0.15, 0.2) is 0 Å². The van der Waals surface area contributed by atoms with Crippen LogP contribution in [0.5, 0.6) is 0 Å². The molecule has 1 atom stereocenters. The lowest BCUT2D eigenvalue weighted by Gasteiger charge is -2.27. The first-order valence-corrected chi connectivity index (χ1v) is 7.71.